The van der Waals surface area contributed by atoms with Gasteiger partial charge in [-0.15, -0.1) is 0 Å². The molecule has 0 aromatic heterocycles. The highest BCUT2D eigenvalue weighted by atomic mass is 16.5. The molecule has 4 nitrogen and oxygen atoms in total. The van der Waals surface area contributed by atoms with E-state index < -0.39 is 0 Å². The van der Waals surface area contributed by atoms with Gasteiger partial charge in [0.2, 0.25) is 5.91 Å². The highest BCUT2D eigenvalue weighted by molar-refractivity contribution is 5.96. The van der Waals surface area contributed by atoms with Crippen molar-refractivity contribution in [3.05, 3.63) is 23.8 Å². The van der Waals surface area contributed by atoms with Crippen molar-refractivity contribution >= 4 is 11.6 Å². The Labute approximate surface area is 120 Å². The lowest BCUT2D eigenvalue weighted by atomic mass is 10.0. The standard InChI is InChI=1S/C16H24N2O2/c1-3-10-20-15-11-12(2)7-8-13(15)18-16(19)14-6-4-5-9-17-14/h7-8,11,14,17H,3-6,9-10H2,1-2H3,(H,18,19)/t14-/m0/s1. The zero-order valence-corrected chi connectivity index (χ0v) is 12.4. The first kappa shape index (κ1) is 14.9. The molecule has 1 atom stereocenters. The van der Waals surface area contributed by atoms with Crippen LogP contribution in [0.5, 0.6) is 5.75 Å². The Hall–Kier alpha value is -1.55. The minimum absolute atomic E-state index is 0.0369. The fourth-order valence-electron chi connectivity index (χ4n) is 2.36. The molecule has 1 aromatic carbocycles. The average molecular weight is 276 g/mol. The number of benzene rings is 1. The number of aryl methyl sites for hydroxylation is 1. The number of ether oxygens (including phenoxy) is 1. The first-order valence-corrected chi connectivity index (χ1v) is 7.48. The van der Waals surface area contributed by atoms with Gasteiger partial charge in [0.25, 0.3) is 0 Å². The summed E-state index contributed by atoms with van der Waals surface area (Å²) < 4.78 is 5.72. The minimum atomic E-state index is -0.0796. The van der Waals surface area contributed by atoms with Gasteiger partial charge in [-0.2, -0.15) is 0 Å². The van der Waals surface area contributed by atoms with E-state index in [1.54, 1.807) is 0 Å². The van der Waals surface area contributed by atoms with E-state index in [2.05, 4.69) is 17.6 Å². The molecule has 0 radical (unpaired) electrons. The van der Waals surface area contributed by atoms with Gasteiger partial charge in [-0.3, -0.25) is 4.79 Å². The van der Waals surface area contributed by atoms with Gasteiger partial charge < -0.3 is 15.4 Å². The van der Waals surface area contributed by atoms with Crippen molar-refractivity contribution in [2.24, 2.45) is 0 Å². The fraction of sp³-hybridized carbons (Fsp3) is 0.562. The molecular weight excluding hydrogens is 252 g/mol. The summed E-state index contributed by atoms with van der Waals surface area (Å²) in [6, 6.07) is 5.80. The van der Waals surface area contributed by atoms with E-state index in [0.717, 1.165) is 49.2 Å². The lowest BCUT2D eigenvalue weighted by Crippen LogP contribution is -2.43. The maximum Gasteiger partial charge on any atom is 0.241 e. The Morgan fingerprint density at radius 1 is 1.45 bits per heavy atom. The number of nitrogens with one attached hydrogen (secondary N) is 2. The van der Waals surface area contributed by atoms with E-state index in [-0.39, 0.29) is 11.9 Å². The summed E-state index contributed by atoms with van der Waals surface area (Å²) in [5.41, 5.74) is 1.89. The van der Waals surface area contributed by atoms with Gasteiger partial charge in [-0.25, -0.2) is 0 Å². The quantitative estimate of drug-likeness (QED) is 0.869. The Kier molecular flexibility index (Phi) is 5.41. The number of carbonyl (C=O) groups is 1. The molecule has 0 bridgehead atoms. The van der Waals surface area contributed by atoms with E-state index in [9.17, 15) is 4.79 Å². The lowest BCUT2D eigenvalue weighted by molar-refractivity contribution is -0.118. The Bertz CT molecular complexity index is 454. The van der Waals surface area contributed by atoms with E-state index in [1.165, 1.54) is 0 Å². The molecule has 4 heteroatoms. The Balaban J connectivity index is 2.05. The third-order valence-corrected chi connectivity index (χ3v) is 3.48. The summed E-state index contributed by atoms with van der Waals surface area (Å²) in [6.07, 6.45) is 4.12. The lowest BCUT2D eigenvalue weighted by Gasteiger charge is -2.23. The SMILES string of the molecule is CCCOc1cc(C)ccc1NC(=O)[C@@H]1CCCCN1. The molecule has 0 spiro atoms. The average Bonchev–Trinajstić information content (AvgIpc) is 2.48. The third kappa shape index (κ3) is 3.97. The molecule has 20 heavy (non-hydrogen) atoms. The smallest absolute Gasteiger partial charge is 0.241 e. The molecule has 1 aliphatic rings. The molecule has 0 aliphatic carbocycles. The van der Waals surface area contributed by atoms with Crippen molar-refractivity contribution in [2.75, 3.05) is 18.5 Å². The second-order valence-electron chi connectivity index (χ2n) is 5.34. The van der Waals surface area contributed by atoms with Crippen LogP contribution in [0, 0.1) is 6.92 Å². The van der Waals surface area contributed by atoms with Crippen molar-refractivity contribution in [1.82, 2.24) is 5.32 Å². The number of carbonyl (C=O) groups excluding carboxylic acids is 1. The number of amides is 1. The van der Waals surface area contributed by atoms with Crippen molar-refractivity contribution in [3.63, 3.8) is 0 Å². The first-order valence-electron chi connectivity index (χ1n) is 7.48. The van der Waals surface area contributed by atoms with Gasteiger partial charge in [0.05, 0.1) is 18.3 Å². The molecule has 2 rings (SSSR count). The molecule has 1 heterocycles. The van der Waals surface area contributed by atoms with Crippen LogP contribution >= 0.6 is 0 Å². The number of rotatable bonds is 5. The Morgan fingerprint density at radius 3 is 3.00 bits per heavy atom. The fourth-order valence-corrected chi connectivity index (χ4v) is 2.36. The van der Waals surface area contributed by atoms with Gasteiger partial charge in [-0.1, -0.05) is 19.4 Å². The van der Waals surface area contributed by atoms with Gasteiger partial charge >= 0.3 is 0 Å². The minimum Gasteiger partial charge on any atom is -0.491 e. The predicted molar refractivity (Wildman–Crippen MR) is 81.2 cm³/mol. The van der Waals surface area contributed by atoms with Crippen LogP contribution in [0.15, 0.2) is 18.2 Å². The second-order valence-corrected chi connectivity index (χ2v) is 5.34. The van der Waals surface area contributed by atoms with Crippen molar-refractivity contribution in [2.45, 2.75) is 45.6 Å². The highest BCUT2D eigenvalue weighted by Gasteiger charge is 2.21. The molecule has 1 aliphatic heterocycles. The molecule has 0 saturated carbocycles. The second kappa shape index (κ2) is 7.29. The summed E-state index contributed by atoms with van der Waals surface area (Å²) in [7, 11) is 0. The van der Waals surface area contributed by atoms with E-state index in [4.69, 9.17) is 4.74 Å². The van der Waals surface area contributed by atoms with Crippen LogP contribution in [0.2, 0.25) is 0 Å². The van der Waals surface area contributed by atoms with Crippen LogP contribution in [-0.2, 0) is 4.79 Å². The van der Waals surface area contributed by atoms with Crippen molar-refractivity contribution in [3.8, 4) is 5.75 Å². The third-order valence-electron chi connectivity index (χ3n) is 3.48. The van der Waals surface area contributed by atoms with Gasteiger partial charge in [0, 0.05) is 0 Å². The highest BCUT2D eigenvalue weighted by Crippen LogP contribution is 2.26. The number of piperidine rings is 1. The van der Waals surface area contributed by atoms with Gasteiger partial charge in [-0.05, 0) is 50.4 Å². The maximum absolute atomic E-state index is 12.2. The predicted octanol–water partition coefficient (Wildman–Crippen LogP) is 2.86. The van der Waals surface area contributed by atoms with Crippen LogP contribution < -0.4 is 15.4 Å². The topological polar surface area (TPSA) is 50.4 Å². The molecule has 1 fully saturated rings. The summed E-state index contributed by atoms with van der Waals surface area (Å²) in [5, 5.41) is 6.25. The van der Waals surface area contributed by atoms with E-state index in [1.807, 2.05) is 25.1 Å². The van der Waals surface area contributed by atoms with E-state index >= 15 is 0 Å². The molecular formula is C16H24N2O2. The summed E-state index contributed by atoms with van der Waals surface area (Å²) >= 11 is 0. The Morgan fingerprint density at radius 2 is 2.30 bits per heavy atom. The van der Waals surface area contributed by atoms with Crippen LogP contribution in [0.25, 0.3) is 0 Å². The zero-order chi connectivity index (χ0) is 14.4. The van der Waals surface area contributed by atoms with Crippen LogP contribution in [0.3, 0.4) is 0 Å². The van der Waals surface area contributed by atoms with Gasteiger partial charge in [0.1, 0.15) is 5.75 Å². The molecule has 2 N–H and O–H groups in total. The van der Waals surface area contributed by atoms with E-state index in [0.29, 0.717) is 6.61 Å². The molecule has 110 valence electrons. The van der Waals surface area contributed by atoms with Crippen molar-refractivity contribution < 1.29 is 9.53 Å². The van der Waals surface area contributed by atoms with Crippen LogP contribution in [0.1, 0.15) is 38.2 Å². The normalized spacial score (nSPS) is 18.6. The summed E-state index contributed by atoms with van der Waals surface area (Å²) in [4.78, 5) is 12.2. The van der Waals surface area contributed by atoms with Crippen LogP contribution in [-0.4, -0.2) is 25.1 Å². The number of hydrogen-bond acceptors (Lipinski definition) is 3. The molecule has 1 aromatic rings. The first-order chi connectivity index (χ1) is 9.70. The molecule has 1 amide bonds. The van der Waals surface area contributed by atoms with Crippen LogP contribution in [0.4, 0.5) is 5.69 Å². The van der Waals surface area contributed by atoms with Gasteiger partial charge in [0.15, 0.2) is 0 Å². The maximum atomic E-state index is 12.2. The summed E-state index contributed by atoms with van der Waals surface area (Å²) in [5.74, 6) is 0.797. The zero-order valence-electron chi connectivity index (χ0n) is 12.4. The molecule has 1 saturated heterocycles. The number of anilines is 1. The number of hydrogen-bond donors (Lipinski definition) is 2. The van der Waals surface area contributed by atoms with Crippen molar-refractivity contribution in [1.29, 1.82) is 0 Å². The monoisotopic (exact) mass is 276 g/mol. The molecule has 0 unspecified atom stereocenters. The summed E-state index contributed by atoms with van der Waals surface area (Å²) in [6.45, 7) is 5.67. The largest absolute Gasteiger partial charge is 0.491 e.